The van der Waals surface area contributed by atoms with Gasteiger partial charge in [-0.05, 0) is 35.6 Å². The summed E-state index contributed by atoms with van der Waals surface area (Å²) >= 11 is 1.78. The predicted molar refractivity (Wildman–Crippen MR) is 126 cm³/mol. The van der Waals surface area contributed by atoms with Crippen LogP contribution >= 0.6 is 35.3 Å². The van der Waals surface area contributed by atoms with Crippen LogP contribution in [0.4, 0.5) is 0 Å². The molecule has 2 aromatic rings. The zero-order chi connectivity index (χ0) is 19.0. The fourth-order valence-corrected chi connectivity index (χ4v) is 3.47. The highest BCUT2D eigenvalue weighted by atomic mass is 127. The summed E-state index contributed by atoms with van der Waals surface area (Å²) in [5.74, 6) is 0.727. The van der Waals surface area contributed by atoms with Crippen molar-refractivity contribution >= 4 is 47.2 Å². The van der Waals surface area contributed by atoms with Crippen LogP contribution < -0.4 is 16.0 Å². The molecule has 3 N–H and O–H groups in total. The first-order chi connectivity index (χ1) is 12.5. The summed E-state index contributed by atoms with van der Waals surface area (Å²) in [6.45, 7) is 6.00. The number of aliphatic imine (C=N–C) groups is 1. The summed E-state index contributed by atoms with van der Waals surface area (Å²) in [4.78, 5) is 17.4. The number of hydrogen-bond donors (Lipinski definition) is 3. The molecule has 27 heavy (non-hydrogen) atoms. The molecule has 0 fully saturated rings. The van der Waals surface area contributed by atoms with Gasteiger partial charge >= 0.3 is 0 Å². The van der Waals surface area contributed by atoms with Crippen molar-refractivity contribution in [2.24, 2.45) is 4.99 Å². The highest BCUT2D eigenvalue weighted by Gasteiger charge is 2.21. The summed E-state index contributed by atoms with van der Waals surface area (Å²) in [6.07, 6.45) is 0.819. The van der Waals surface area contributed by atoms with E-state index in [1.54, 1.807) is 25.4 Å². The topological polar surface area (TPSA) is 65.5 Å². The van der Waals surface area contributed by atoms with Crippen molar-refractivity contribution in [3.05, 3.63) is 57.8 Å². The van der Waals surface area contributed by atoms with E-state index in [4.69, 9.17) is 0 Å². The number of guanidine groups is 1. The van der Waals surface area contributed by atoms with Gasteiger partial charge in [0.15, 0.2) is 5.96 Å². The number of nitrogens with one attached hydrogen (secondary N) is 3. The van der Waals surface area contributed by atoms with Crippen LogP contribution in [-0.4, -0.2) is 39.1 Å². The number of nitrogens with zero attached hydrogens (tertiary/aromatic N) is 1. The number of amides is 1. The molecule has 0 spiro atoms. The number of hydrogen-bond acceptors (Lipinski definition) is 3. The Morgan fingerprint density at radius 3 is 2.59 bits per heavy atom. The van der Waals surface area contributed by atoms with Gasteiger partial charge in [-0.2, -0.15) is 0 Å². The van der Waals surface area contributed by atoms with Crippen LogP contribution in [0.2, 0.25) is 0 Å². The van der Waals surface area contributed by atoms with E-state index in [1.165, 1.54) is 4.88 Å². The SMILES string of the molecule is CN=C(NCCc1cccc(C(=O)NC)c1)NCC(C)(C)c1cccs1.I. The second-order valence-corrected chi connectivity index (χ2v) is 7.69. The van der Waals surface area contributed by atoms with E-state index in [0.717, 1.165) is 31.0 Å². The molecular weight excluding hydrogens is 471 g/mol. The number of carbonyl (C=O) groups excluding carboxylic acids is 1. The van der Waals surface area contributed by atoms with Crippen LogP contribution in [0.5, 0.6) is 0 Å². The molecule has 0 aliphatic carbocycles. The lowest BCUT2D eigenvalue weighted by atomic mass is 9.91. The number of rotatable bonds is 7. The van der Waals surface area contributed by atoms with E-state index >= 15 is 0 Å². The van der Waals surface area contributed by atoms with E-state index in [1.807, 2.05) is 24.3 Å². The van der Waals surface area contributed by atoms with Crippen molar-refractivity contribution in [3.8, 4) is 0 Å². The molecule has 7 heteroatoms. The summed E-state index contributed by atoms with van der Waals surface area (Å²) < 4.78 is 0. The average molecular weight is 500 g/mol. The minimum atomic E-state index is -0.0619. The number of carbonyl (C=O) groups is 1. The Balaban J connectivity index is 0.00000364. The van der Waals surface area contributed by atoms with Crippen molar-refractivity contribution in [2.45, 2.75) is 25.7 Å². The van der Waals surface area contributed by atoms with Gasteiger partial charge in [-0.1, -0.05) is 32.0 Å². The fourth-order valence-electron chi connectivity index (χ4n) is 2.61. The van der Waals surface area contributed by atoms with Gasteiger partial charge in [0.1, 0.15) is 0 Å². The molecule has 0 bridgehead atoms. The summed E-state index contributed by atoms with van der Waals surface area (Å²) in [6, 6.07) is 11.9. The van der Waals surface area contributed by atoms with Gasteiger partial charge in [0.25, 0.3) is 5.91 Å². The molecular formula is C20H29IN4OS. The van der Waals surface area contributed by atoms with Gasteiger partial charge in [0.2, 0.25) is 0 Å². The minimum absolute atomic E-state index is 0. The first kappa shape index (κ1) is 23.4. The molecule has 2 rings (SSSR count). The lowest BCUT2D eigenvalue weighted by Crippen LogP contribution is -2.43. The van der Waals surface area contributed by atoms with Crippen LogP contribution in [0, 0.1) is 0 Å². The first-order valence-corrected chi connectivity index (χ1v) is 9.64. The molecule has 0 atom stereocenters. The largest absolute Gasteiger partial charge is 0.356 e. The maximum Gasteiger partial charge on any atom is 0.251 e. The second kappa shape index (κ2) is 11.3. The second-order valence-electron chi connectivity index (χ2n) is 6.74. The summed E-state index contributed by atoms with van der Waals surface area (Å²) in [5, 5.41) is 11.5. The lowest BCUT2D eigenvalue weighted by Gasteiger charge is -2.25. The van der Waals surface area contributed by atoms with Crippen LogP contribution in [0.1, 0.15) is 34.6 Å². The number of benzene rings is 1. The van der Waals surface area contributed by atoms with E-state index < -0.39 is 0 Å². The Morgan fingerprint density at radius 1 is 1.19 bits per heavy atom. The molecule has 0 saturated heterocycles. The number of thiophene rings is 1. The van der Waals surface area contributed by atoms with E-state index in [9.17, 15) is 4.79 Å². The van der Waals surface area contributed by atoms with Gasteiger partial charge in [-0.3, -0.25) is 9.79 Å². The molecule has 0 radical (unpaired) electrons. The summed E-state index contributed by atoms with van der Waals surface area (Å²) in [7, 11) is 3.42. The molecule has 0 saturated carbocycles. The maximum absolute atomic E-state index is 11.7. The van der Waals surface area contributed by atoms with Gasteiger partial charge < -0.3 is 16.0 Å². The highest BCUT2D eigenvalue weighted by Crippen LogP contribution is 2.26. The average Bonchev–Trinajstić information content (AvgIpc) is 3.20. The third-order valence-corrected chi connectivity index (χ3v) is 5.47. The molecule has 148 valence electrons. The van der Waals surface area contributed by atoms with Gasteiger partial charge in [-0.15, -0.1) is 35.3 Å². The van der Waals surface area contributed by atoms with E-state index in [-0.39, 0.29) is 35.3 Å². The van der Waals surface area contributed by atoms with E-state index in [2.05, 4.69) is 52.3 Å². The summed E-state index contributed by atoms with van der Waals surface area (Å²) in [5.41, 5.74) is 1.85. The maximum atomic E-state index is 11.7. The zero-order valence-corrected chi connectivity index (χ0v) is 19.5. The van der Waals surface area contributed by atoms with Crippen molar-refractivity contribution in [1.82, 2.24) is 16.0 Å². The van der Waals surface area contributed by atoms with Crippen molar-refractivity contribution < 1.29 is 4.79 Å². The molecule has 1 heterocycles. The normalized spacial score (nSPS) is 11.5. The van der Waals surface area contributed by atoms with Crippen LogP contribution in [0.25, 0.3) is 0 Å². The third kappa shape index (κ3) is 7.14. The van der Waals surface area contributed by atoms with Crippen LogP contribution in [0.3, 0.4) is 0 Å². The zero-order valence-electron chi connectivity index (χ0n) is 16.3. The standard InChI is InChI=1S/C20H28N4OS.HI/c1-20(2,17-9-6-12-26-17)14-24-19(22-4)23-11-10-15-7-5-8-16(13-15)18(25)21-3;/h5-9,12-13H,10-11,14H2,1-4H3,(H,21,25)(H2,22,23,24);1H. The Bertz CT molecular complexity index is 744. The molecule has 0 unspecified atom stereocenters. The van der Waals surface area contributed by atoms with Gasteiger partial charge in [-0.25, -0.2) is 0 Å². The minimum Gasteiger partial charge on any atom is -0.356 e. The van der Waals surface area contributed by atoms with Crippen LogP contribution in [-0.2, 0) is 11.8 Å². The molecule has 0 aliphatic rings. The Morgan fingerprint density at radius 2 is 1.96 bits per heavy atom. The smallest absolute Gasteiger partial charge is 0.251 e. The highest BCUT2D eigenvalue weighted by molar-refractivity contribution is 14.0. The molecule has 5 nitrogen and oxygen atoms in total. The Labute approximate surface area is 183 Å². The molecule has 1 aromatic carbocycles. The van der Waals surface area contributed by atoms with Crippen molar-refractivity contribution in [1.29, 1.82) is 0 Å². The molecule has 1 amide bonds. The quantitative estimate of drug-likeness (QED) is 0.310. The lowest BCUT2D eigenvalue weighted by molar-refractivity contribution is 0.0963. The van der Waals surface area contributed by atoms with Gasteiger partial charge in [0.05, 0.1) is 0 Å². The number of halogens is 1. The fraction of sp³-hybridized carbons (Fsp3) is 0.400. The predicted octanol–water partition coefficient (Wildman–Crippen LogP) is 3.41. The van der Waals surface area contributed by atoms with Crippen molar-refractivity contribution in [3.63, 3.8) is 0 Å². The van der Waals surface area contributed by atoms with E-state index in [0.29, 0.717) is 5.56 Å². The first-order valence-electron chi connectivity index (χ1n) is 8.76. The Hall–Kier alpha value is -1.61. The molecule has 1 aromatic heterocycles. The van der Waals surface area contributed by atoms with Gasteiger partial charge in [0, 0.05) is 43.0 Å². The third-order valence-electron chi connectivity index (χ3n) is 4.23. The van der Waals surface area contributed by atoms with Crippen molar-refractivity contribution in [2.75, 3.05) is 27.2 Å². The Kier molecular flexibility index (Phi) is 9.79. The monoisotopic (exact) mass is 500 g/mol. The molecule has 0 aliphatic heterocycles. The van der Waals surface area contributed by atoms with Crippen LogP contribution in [0.15, 0.2) is 46.8 Å².